The van der Waals surface area contributed by atoms with Crippen LogP contribution in [0, 0.1) is 5.82 Å². The van der Waals surface area contributed by atoms with Crippen LogP contribution in [0.4, 0.5) is 22.0 Å². The van der Waals surface area contributed by atoms with Gasteiger partial charge in [0.1, 0.15) is 17.5 Å². The number of hydrogen-bond donors (Lipinski definition) is 2. The van der Waals surface area contributed by atoms with Crippen molar-refractivity contribution in [3.63, 3.8) is 0 Å². The van der Waals surface area contributed by atoms with Gasteiger partial charge in [0.05, 0.1) is 13.2 Å². The van der Waals surface area contributed by atoms with Gasteiger partial charge in [0.25, 0.3) is 0 Å². The highest BCUT2D eigenvalue weighted by molar-refractivity contribution is 7.80. The van der Waals surface area contributed by atoms with Crippen molar-refractivity contribution in [3.8, 4) is 0 Å². The summed E-state index contributed by atoms with van der Waals surface area (Å²) in [7, 11) is 0. The minimum absolute atomic E-state index is 0.253. The summed E-state index contributed by atoms with van der Waals surface area (Å²) in [6.07, 6.45) is 3.58. The van der Waals surface area contributed by atoms with Crippen LogP contribution in [-0.4, -0.2) is 54.0 Å². The predicted octanol–water partition coefficient (Wildman–Crippen LogP) is 3.32. The van der Waals surface area contributed by atoms with Crippen LogP contribution < -0.4 is 20.4 Å². The van der Waals surface area contributed by atoms with E-state index < -0.39 is 0 Å². The van der Waals surface area contributed by atoms with Gasteiger partial charge >= 0.3 is 0 Å². The molecule has 1 aromatic carbocycles. The van der Waals surface area contributed by atoms with Gasteiger partial charge in [-0.2, -0.15) is 9.97 Å². The van der Waals surface area contributed by atoms with Crippen molar-refractivity contribution in [1.29, 1.82) is 0 Å². The summed E-state index contributed by atoms with van der Waals surface area (Å²) >= 11 is 5.46. The van der Waals surface area contributed by atoms with Crippen LogP contribution in [0.3, 0.4) is 0 Å². The Morgan fingerprint density at radius 3 is 2.61 bits per heavy atom. The molecule has 9 heteroatoms. The Morgan fingerprint density at radius 2 is 1.87 bits per heavy atom. The molecule has 0 saturated carbocycles. The number of nitrogens with zero attached hydrogens (tertiary/aromatic N) is 4. The Bertz CT molecular complexity index is 890. The summed E-state index contributed by atoms with van der Waals surface area (Å²) in [6, 6.07) is 8.86. The van der Waals surface area contributed by atoms with E-state index in [1.165, 1.54) is 25.0 Å². The lowest BCUT2D eigenvalue weighted by atomic mass is 10.0. The zero-order chi connectivity index (χ0) is 21.6. The monoisotopic (exact) mass is 444 g/mol. The number of rotatable bonds is 5. The second-order valence-electron chi connectivity index (χ2n) is 7.98. The van der Waals surface area contributed by atoms with Gasteiger partial charge in [-0.25, -0.2) is 4.39 Å². The molecule has 0 aliphatic carbocycles. The smallest absolute Gasteiger partial charge is 0.232 e. The molecule has 3 heterocycles. The first kappa shape index (κ1) is 21.7. The van der Waals surface area contributed by atoms with E-state index in [0.717, 1.165) is 43.3 Å². The van der Waals surface area contributed by atoms with Gasteiger partial charge in [0.15, 0.2) is 5.11 Å². The average molecular weight is 445 g/mol. The van der Waals surface area contributed by atoms with Crippen LogP contribution in [0.2, 0.25) is 0 Å². The summed E-state index contributed by atoms with van der Waals surface area (Å²) in [6.45, 7) is 6.73. The van der Waals surface area contributed by atoms with Crippen LogP contribution >= 0.6 is 12.2 Å². The van der Waals surface area contributed by atoms with Gasteiger partial charge < -0.3 is 25.2 Å². The normalized spacial score (nSPS) is 19.2. The lowest BCUT2D eigenvalue weighted by Crippen LogP contribution is -2.40. The summed E-state index contributed by atoms with van der Waals surface area (Å²) in [4.78, 5) is 14.1. The number of benzene rings is 1. The standard InChI is InChI=1S/C22H29FN6OS/c1-16-4-2-3-9-29(16)20-14-19(28-10-12-30-13-11-28)25-21(26-20)27-22(31)24-15-17-5-7-18(23)8-6-17/h5-8,14,16H,2-4,9-13,15H2,1H3,(H2,24,25,26,27,31). The quantitative estimate of drug-likeness (QED) is 0.681. The summed E-state index contributed by atoms with van der Waals surface area (Å²) in [5.74, 6) is 2.04. The number of nitrogens with one attached hydrogen (secondary N) is 2. The molecule has 0 bridgehead atoms. The molecule has 0 spiro atoms. The molecule has 2 fully saturated rings. The van der Waals surface area contributed by atoms with Crippen molar-refractivity contribution >= 4 is 34.9 Å². The molecule has 2 aliphatic heterocycles. The Labute approximate surface area is 188 Å². The predicted molar refractivity (Wildman–Crippen MR) is 125 cm³/mol. The zero-order valence-corrected chi connectivity index (χ0v) is 18.6. The van der Waals surface area contributed by atoms with Crippen molar-refractivity contribution in [2.45, 2.75) is 38.8 Å². The number of aromatic nitrogens is 2. The van der Waals surface area contributed by atoms with E-state index in [1.807, 2.05) is 0 Å². The minimum atomic E-state index is -0.253. The Kier molecular flexibility index (Phi) is 7.14. The third-order valence-electron chi connectivity index (χ3n) is 5.72. The lowest BCUT2D eigenvalue weighted by Gasteiger charge is -2.35. The van der Waals surface area contributed by atoms with E-state index in [4.69, 9.17) is 26.9 Å². The first-order valence-electron chi connectivity index (χ1n) is 10.9. The summed E-state index contributed by atoms with van der Waals surface area (Å²) in [5.41, 5.74) is 0.941. The van der Waals surface area contributed by atoms with E-state index in [2.05, 4.69) is 33.4 Å². The van der Waals surface area contributed by atoms with Gasteiger partial charge in [-0.15, -0.1) is 0 Å². The summed E-state index contributed by atoms with van der Waals surface area (Å²) < 4.78 is 18.6. The number of anilines is 3. The molecule has 31 heavy (non-hydrogen) atoms. The fraction of sp³-hybridized carbons (Fsp3) is 0.500. The number of thiocarbonyl (C=S) groups is 1. The lowest BCUT2D eigenvalue weighted by molar-refractivity contribution is 0.122. The number of ether oxygens (including phenoxy) is 1. The molecule has 2 aliphatic rings. The third-order valence-corrected chi connectivity index (χ3v) is 5.97. The highest BCUT2D eigenvalue weighted by Crippen LogP contribution is 2.27. The summed E-state index contributed by atoms with van der Waals surface area (Å²) in [5, 5.41) is 6.71. The van der Waals surface area contributed by atoms with Crippen LogP contribution in [0.5, 0.6) is 0 Å². The fourth-order valence-corrected chi connectivity index (χ4v) is 4.11. The van der Waals surface area contributed by atoms with Gasteiger partial charge in [-0.05, 0) is 56.1 Å². The first-order chi connectivity index (χ1) is 15.1. The van der Waals surface area contributed by atoms with E-state index in [0.29, 0.717) is 36.9 Å². The second kappa shape index (κ2) is 10.2. The zero-order valence-electron chi connectivity index (χ0n) is 17.8. The number of halogens is 1. The van der Waals surface area contributed by atoms with Gasteiger partial charge in [0.2, 0.25) is 5.95 Å². The van der Waals surface area contributed by atoms with Crippen molar-refractivity contribution in [2.75, 3.05) is 48.0 Å². The average Bonchev–Trinajstić information content (AvgIpc) is 2.79. The SMILES string of the molecule is CC1CCCCN1c1cc(N2CCOCC2)nc(NC(=S)NCc2ccc(F)cc2)n1. The maximum Gasteiger partial charge on any atom is 0.232 e. The van der Waals surface area contributed by atoms with E-state index in [-0.39, 0.29) is 5.82 Å². The number of hydrogen-bond acceptors (Lipinski definition) is 6. The molecule has 2 saturated heterocycles. The molecule has 1 aromatic heterocycles. The van der Waals surface area contributed by atoms with E-state index in [1.54, 1.807) is 12.1 Å². The fourth-order valence-electron chi connectivity index (χ4n) is 3.95. The van der Waals surface area contributed by atoms with Crippen molar-refractivity contribution in [1.82, 2.24) is 15.3 Å². The molecule has 4 rings (SSSR count). The first-order valence-corrected chi connectivity index (χ1v) is 11.3. The highest BCUT2D eigenvalue weighted by atomic mass is 32.1. The van der Waals surface area contributed by atoms with E-state index in [9.17, 15) is 4.39 Å². The van der Waals surface area contributed by atoms with Crippen LogP contribution in [0.15, 0.2) is 30.3 Å². The largest absolute Gasteiger partial charge is 0.378 e. The second-order valence-corrected chi connectivity index (χ2v) is 8.39. The molecule has 1 atom stereocenters. The molecule has 2 aromatic rings. The van der Waals surface area contributed by atoms with Gasteiger partial charge in [-0.3, -0.25) is 0 Å². The van der Waals surface area contributed by atoms with Gasteiger partial charge in [-0.1, -0.05) is 12.1 Å². The Hall–Kier alpha value is -2.52. The van der Waals surface area contributed by atoms with Crippen molar-refractivity contribution in [2.24, 2.45) is 0 Å². The number of morpholine rings is 1. The maximum absolute atomic E-state index is 13.1. The Balaban J connectivity index is 1.49. The molecule has 0 amide bonds. The maximum atomic E-state index is 13.1. The molecule has 2 N–H and O–H groups in total. The molecular formula is C22H29FN6OS. The van der Waals surface area contributed by atoms with Crippen molar-refractivity contribution in [3.05, 3.63) is 41.7 Å². The van der Waals surface area contributed by atoms with Crippen LogP contribution in [-0.2, 0) is 11.3 Å². The Morgan fingerprint density at radius 1 is 1.13 bits per heavy atom. The molecule has 166 valence electrons. The number of piperidine rings is 1. The van der Waals surface area contributed by atoms with Gasteiger partial charge in [0, 0.05) is 38.3 Å². The van der Waals surface area contributed by atoms with Crippen LogP contribution in [0.1, 0.15) is 31.7 Å². The topological polar surface area (TPSA) is 65.6 Å². The highest BCUT2D eigenvalue weighted by Gasteiger charge is 2.23. The molecule has 1 unspecified atom stereocenters. The molecule has 7 nitrogen and oxygen atoms in total. The molecule has 0 radical (unpaired) electrons. The van der Waals surface area contributed by atoms with E-state index >= 15 is 0 Å². The van der Waals surface area contributed by atoms with Crippen LogP contribution in [0.25, 0.3) is 0 Å². The third kappa shape index (κ3) is 5.80. The van der Waals surface area contributed by atoms with Crippen molar-refractivity contribution < 1.29 is 9.13 Å². The molecular weight excluding hydrogens is 415 g/mol. The minimum Gasteiger partial charge on any atom is -0.378 e.